The zero-order chi connectivity index (χ0) is 15.0. The summed E-state index contributed by atoms with van der Waals surface area (Å²) in [5.74, 6) is -0.346. The first-order valence-corrected chi connectivity index (χ1v) is 5.70. The van der Waals surface area contributed by atoms with Gasteiger partial charge in [0.15, 0.2) is 5.75 Å². The minimum absolute atomic E-state index is 0.110. The molecule has 0 spiro atoms. The van der Waals surface area contributed by atoms with Crippen LogP contribution in [0, 0.1) is 24.1 Å². The highest BCUT2D eigenvalue weighted by molar-refractivity contribution is 5.34. The van der Waals surface area contributed by atoms with E-state index in [4.69, 9.17) is 5.26 Å². The number of halogens is 3. The molecule has 0 bridgehead atoms. The zero-order valence-corrected chi connectivity index (χ0v) is 10.7. The fourth-order valence-electron chi connectivity index (χ4n) is 1.34. The molecule has 0 fully saturated rings. The summed E-state index contributed by atoms with van der Waals surface area (Å²) in [6, 6.07) is 12.1. The Kier molecular flexibility index (Phi) is 6.11. The summed E-state index contributed by atoms with van der Waals surface area (Å²) in [5, 5.41) is 8.32. The summed E-state index contributed by atoms with van der Waals surface area (Å²) in [6.45, 7) is 1.04. The predicted octanol–water partition coefficient (Wildman–Crippen LogP) is 4.43. The molecule has 0 saturated carbocycles. The van der Waals surface area contributed by atoms with Crippen LogP contribution in [0.1, 0.15) is 16.7 Å². The molecule has 104 valence electrons. The highest BCUT2D eigenvalue weighted by atomic mass is 19.3. The Morgan fingerprint density at radius 1 is 1.15 bits per heavy atom. The van der Waals surface area contributed by atoms with Crippen molar-refractivity contribution in [1.29, 1.82) is 5.26 Å². The van der Waals surface area contributed by atoms with Gasteiger partial charge in [-0.2, -0.15) is 5.26 Å². The lowest BCUT2D eigenvalue weighted by molar-refractivity contribution is -0.00620. The van der Waals surface area contributed by atoms with E-state index in [1.165, 1.54) is 36.4 Å². The van der Waals surface area contributed by atoms with Crippen molar-refractivity contribution in [2.45, 2.75) is 13.6 Å². The number of hydrogen-bond acceptors (Lipinski definition) is 2. The third kappa shape index (κ3) is 4.65. The van der Waals surface area contributed by atoms with Gasteiger partial charge in [0.25, 0.3) is 0 Å². The van der Waals surface area contributed by atoms with Crippen molar-refractivity contribution in [2.75, 3.05) is 0 Å². The molecule has 0 radical (unpaired) electrons. The Hall–Kier alpha value is -2.48. The second-order valence-corrected chi connectivity index (χ2v) is 3.94. The fourth-order valence-corrected chi connectivity index (χ4v) is 1.34. The molecule has 2 aromatic rings. The van der Waals surface area contributed by atoms with Gasteiger partial charge in [-0.05, 0) is 42.8 Å². The van der Waals surface area contributed by atoms with E-state index in [9.17, 15) is 13.3 Å². The fraction of sp³-hybridized carbons (Fsp3) is 0.133. The van der Waals surface area contributed by atoms with Crippen molar-refractivity contribution >= 4 is 0 Å². The first-order chi connectivity index (χ1) is 9.60. The summed E-state index contributed by atoms with van der Waals surface area (Å²) in [6.07, 6.45) is 0. The van der Waals surface area contributed by atoms with E-state index < -0.39 is 12.5 Å². The van der Waals surface area contributed by atoms with Crippen molar-refractivity contribution in [2.24, 2.45) is 0 Å². The van der Waals surface area contributed by atoms with Crippen molar-refractivity contribution in [1.82, 2.24) is 0 Å². The minimum atomic E-state index is -0.730. The molecule has 0 aliphatic carbocycles. The Bertz CT molecular complexity index is 591. The van der Waals surface area contributed by atoms with E-state index >= 15 is 0 Å². The van der Waals surface area contributed by atoms with E-state index in [0.717, 1.165) is 5.56 Å². The van der Waals surface area contributed by atoms with Crippen molar-refractivity contribution in [3.8, 4) is 11.8 Å². The maximum atomic E-state index is 12.6. The highest BCUT2D eigenvalue weighted by Crippen LogP contribution is 2.11. The number of nitrogens with zero attached hydrogens (tertiary/aromatic N) is 1. The Morgan fingerprint density at radius 2 is 1.80 bits per heavy atom. The molecule has 0 aromatic heterocycles. The van der Waals surface area contributed by atoms with Crippen LogP contribution in [0.15, 0.2) is 42.5 Å². The Balaban J connectivity index is 0.000000200. The van der Waals surface area contributed by atoms with Crippen molar-refractivity contribution in [3.63, 3.8) is 0 Å². The smallest absolute Gasteiger partial charge is 0.171 e. The number of alkyl halides is 1. The molecular formula is C15H12F3NO. The third-order valence-corrected chi connectivity index (χ3v) is 2.43. The number of nitriles is 1. The first-order valence-electron chi connectivity index (χ1n) is 5.70. The molecule has 20 heavy (non-hydrogen) atoms. The maximum absolute atomic E-state index is 12.6. The van der Waals surface area contributed by atoms with Crippen LogP contribution in [0.25, 0.3) is 0 Å². The van der Waals surface area contributed by atoms with E-state index in [2.05, 4.69) is 4.94 Å². The lowest BCUT2D eigenvalue weighted by Crippen LogP contribution is -1.86. The van der Waals surface area contributed by atoms with Gasteiger partial charge >= 0.3 is 0 Å². The van der Waals surface area contributed by atoms with Crippen molar-refractivity contribution in [3.05, 3.63) is 65.0 Å². The zero-order valence-electron chi connectivity index (χ0n) is 10.7. The predicted molar refractivity (Wildman–Crippen MR) is 68.8 cm³/mol. The van der Waals surface area contributed by atoms with E-state index in [-0.39, 0.29) is 11.3 Å². The van der Waals surface area contributed by atoms with Crippen LogP contribution >= 0.6 is 0 Å². The van der Waals surface area contributed by atoms with Crippen LogP contribution < -0.4 is 4.94 Å². The lowest BCUT2D eigenvalue weighted by Gasteiger charge is -1.97. The van der Waals surface area contributed by atoms with Gasteiger partial charge in [-0.3, -0.25) is 4.94 Å². The van der Waals surface area contributed by atoms with Gasteiger partial charge in [-0.25, -0.2) is 8.78 Å². The molecule has 0 saturated heterocycles. The van der Waals surface area contributed by atoms with Crippen LogP contribution in [0.2, 0.25) is 0 Å². The molecule has 2 nitrogen and oxygen atoms in total. The molecule has 0 N–H and O–H groups in total. The van der Waals surface area contributed by atoms with E-state index in [1.807, 2.05) is 6.07 Å². The van der Waals surface area contributed by atoms with E-state index in [0.29, 0.717) is 5.56 Å². The van der Waals surface area contributed by atoms with Gasteiger partial charge in [0.1, 0.15) is 12.5 Å². The Morgan fingerprint density at radius 3 is 2.25 bits per heavy atom. The normalized spacial score (nSPS) is 9.15. The molecule has 5 heteroatoms. The third-order valence-electron chi connectivity index (χ3n) is 2.43. The maximum Gasteiger partial charge on any atom is 0.171 e. The second-order valence-electron chi connectivity index (χ2n) is 3.94. The molecule has 0 aliphatic rings. The molecule has 0 amide bonds. The largest absolute Gasteiger partial charge is 0.294 e. The molecule has 0 aliphatic heterocycles. The summed E-state index contributed by atoms with van der Waals surface area (Å²) in [4.78, 5) is 3.40. The molecule has 0 unspecified atom stereocenters. The first kappa shape index (κ1) is 15.6. The van der Waals surface area contributed by atoms with Crippen LogP contribution in [-0.2, 0) is 6.67 Å². The highest BCUT2D eigenvalue weighted by Gasteiger charge is 1.99. The van der Waals surface area contributed by atoms with Crippen LogP contribution in [0.3, 0.4) is 0 Å². The number of hydrogen-bond donors (Lipinski definition) is 0. The molecule has 2 aromatic carbocycles. The lowest BCUT2D eigenvalue weighted by atomic mass is 10.1. The standard InChI is InChI=1S/C8H8F2.C7H4FNO/c1-6-2-3-7(5-9)8(10)4-6;8-10-7-3-1-6(5-9)2-4-7/h2-4H,5H2,1H3;1-4H. The van der Waals surface area contributed by atoms with Gasteiger partial charge in [0.05, 0.1) is 11.6 Å². The average Bonchev–Trinajstić information content (AvgIpc) is 2.48. The summed E-state index contributed by atoms with van der Waals surface area (Å²) in [7, 11) is 0. The Labute approximate surface area is 114 Å². The van der Waals surface area contributed by atoms with Crippen LogP contribution in [0.5, 0.6) is 5.75 Å². The number of rotatable bonds is 2. The average molecular weight is 279 g/mol. The van der Waals surface area contributed by atoms with Gasteiger partial charge < -0.3 is 0 Å². The van der Waals surface area contributed by atoms with Crippen LogP contribution in [0.4, 0.5) is 13.3 Å². The summed E-state index contributed by atoms with van der Waals surface area (Å²) in [5.41, 5.74) is 1.43. The summed E-state index contributed by atoms with van der Waals surface area (Å²) >= 11 is 0. The molecule has 0 atom stereocenters. The second kappa shape index (κ2) is 7.85. The minimum Gasteiger partial charge on any atom is -0.294 e. The topological polar surface area (TPSA) is 33.0 Å². The van der Waals surface area contributed by atoms with Gasteiger partial charge in [0.2, 0.25) is 0 Å². The van der Waals surface area contributed by atoms with Gasteiger partial charge in [-0.15, -0.1) is 0 Å². The monoisotopic (exact) mass is 279 g/mol. The molecule has 2 rings (SSSR count). The number of benzene rings is 2. The molecular weight excluding hydrogens is 267 g/mol. The summed E-state index contributed by atoms with van der Waals surface area (Å²) < 4.78 is 35.9. The van der Waals surface area contributed by atoms with Gasteiger partial charge in [0, 0.05) is 10.1 Å². The quantitative estimate of drug-likeness (QED) is 0.815. The SMILES string of the molecule is Cc1ccc(CF)c(F)c1.N#Cc1ccc(OF)cc1. The van der Waals surface area contributed by atoms with Gasteiger partial charge in [-0.1, -0.05) is 12.1 Å². The van der Waals surface area contributed by atoms with Crippen LogP contribution in [-0.4, -0.2) is 0 Å². The molecule has 0 heterocycles. The van der Waals surface area contributed by atoms with E-state index in [1.54, 1.807) is 13.0 Å². The van der Waals surface area contributed by atoms with Crippen molar-refractivity contribution < 1.29 is 18.2 Å². The number of aryl methyl sites for hydroxylation is 1.